The summed E-state index contributed by atoms with van der Waals surface area (Å²) in [5.74, 6) is -0.842. The van der Waals surface area contributed by atoms with Gasteiger partial charge in [-0.15, -0.1) is 0 Å². The predicted molar refractivity (Wildman–Crippen MR) is 94.6 cm³/mol. The normalized spacial score (nSPS) is 29.7. The first-order valence-electron chi connectivity index (χ1n) is 9.17. The Hall–Kier alpha value is -2.47. The topological polar surface area (TPSA) is 64.4 Å². The lowest BCUT2D eigenvalue weighted by atomic mass is 9.81. The van der Waals surface area contributed by atoms with Gasteiger partial charge in [0.15, 0.2) is 0 Å². The zero-order chi connectivity index (χ0) is 18.0. The van der Waals surface area contributed by atoms with E-state index < -0.39 is 0 Å². The van der Waals surface area contributed by atoms with Crippen LogP contribution in [0.3, 0.4) is 0 Å². The number of carbonyl (C=O) groups excluding carboxylic acids is 2. The average molecular weight is 351 g/mol. The maximum atomic E-state index is 13.0. The first-order chi connectivity index (χ1) is 12.6. The number of aromatic nitrogens is 2. The van der Waals surface area contributed by atoms with Crippen molar-refractivity contribution < 1.29 is 14.3 Å². The van der Waals surface area contributed by atoms with Crippen molar-refractivity contribution in [1.29, 1.82) is 0 Å². The Morgan fingerprint density at radius 1 is 1.04 bits per heavy atom. The summed E-state index contributed by atoms with van der Waals surface area (Å²) in [5.41, 5.74) is 3.35. The molecule has 3 saturated heterocycles. The Bertz CT molecular complexity index is 877. The second-order valence-corrected chi connectivity index (χ2v) is 7.52. The van der Waals surface area contributed by atoms with E-state index in [-0.39, 0.29) is 35.9 Å². The van der Waals surface area contributed by atoms with Crippen molar-refractivity contribution in [3.63, 3.8) is 0 Å². The molecule has 5 rings (SSSR count). The highest BCUT2D eigenvalue weighted by Crippen LogP contribution is 2.50. The van der Waals surface area contributed by atoms with Crippen LogP contribution in [0.1, 0.15) is 29.8 Å². The number of anilines is 1. The molecule has 2 aromatic rings. The Labute approximate surface area is 151 Å². The van der Waals surface area contributed by atoms with Crippen LogP contribution in [0.5, 0.6) is 0 Å². The molecule has 26 heavy (non-hydrogen) atoms. The lowest BCUT2D eigenvalue weighted by Gasteiger charge is -2.18. The van der Waals surface area contributed by atoms with Crippen LogP contribution in [0, 0.1) is 25.7 Å². The molecule has 3 aliphatic rings. The van der Waals surface area contributed by atoms with Crippen molar-refractivity contribution in [2.45, 2.75) is 45.4 Å². The minimum absolute atomic E-state index is 0.0913. The van der Waals surface area contributed by atoms with Crippen molar-refractivity contribution in [2.75, 3.05) is 4.90 Å². The molecule has 134 valence electrons. The fourth-order valence-electron chi connectivity index (χ4n) is 4.85. The molecule has 0 unspecified atom stereocenters. The molecule has 0 saturated carbocycles. The molecule has 4 atom stereocenters. The quantitative estimate of drug-likeness (QED) is 0.796. The lowest BCUT2D eigenvalue weighted by Crippen LogP contribution is -2.35. The van der Waals surface area contributed by atoms with Gasteiger partial charge in [0, 0.05) is 0 Å². The number of benzene rings is 1. The van der Waals surface area contributed by atoms with Gasteiger partial charge in [0.1, 0.15) is 0 Å². The van der Waals surface area contributed by atoms with Gasteiger partial charge in [-0.2, -0.15) is 5.10 Å². The minimum atomic E-state index is -0.308. The third-order valence-electron chi connectivity index (χ3n) is 6.03. The average Bonchev–Trinajstić information content (AvgIpc) is 3.36. The molecule has 2 amide bonds. The van der Waals surface area contributed by atoms with Gasteiger partial charge in [-0.25, -0.2) is 4.90 Å². The largest absolute Gasteiger partial charge is 0.373 e. The molecule has 1 aromatic carbocycles. The van der Waals surface area contributed by atoms with Crippen molar-refractivity contribution >= 4 is 17.5 Å². The molecule has 0 N–H and O–H groups in total. The lowest BCUT2D eigenvalue weighted by molar-refractivity contribution is -0.124. The Morgan fingerprint density at radius 2 is 1.65 bits per heavy atom. The molecule has 0 aliphatic carbocycles. The molecule has 6 heteroatoms. The molecule has 0 radical (unpaired) electrons. The zero-order valence-electron chi connectivity index (χ0n) is 14.9. The third kappa shape index (κ3) is 2.05. The summed E-state index contributed by atoms with van der Waals surface area (Å²) in [4.78, 5) is 27.5. The molecule has 2 bridgehead atoms. The van der Waals surface area contributed by atoms with Crippen LogP contribution in [0.4, 0.5) is 5.69 Å². The Morgan fingerprint density at radius 3 is 2.27 bits per heavy atom. The number of fused-ring (bicyclic) bond motifs is 5. The number of carbonyl (C=O) groups is 2. The van der Waals surface area contributed by atoms with E-state index in [1.165, 1.54) is 4.90 Å². The van der Waals surface area contributed by atoms with Crippen LogP contribution < -0.4 is 4.90 Å². The molecular formula is C20H21N3O3. The fourth-order valence-corrected chi connectivity index (χ4v) is 4.85. The number of imide groups is 1. The smallest absolute Gasteiger partial charge is 0.240 e. The van der Waals surface area contributed by atoms with E-state index >= 15 is 0 Å². The van der Waals surface area contributed by atoms with Gasteiger partial charge in [-0.1, -0.05) is 30.3 Å². The van der Waals surface area contributed by atoms with Crippen LogP contribution in [0.25, 0.3) is 0 Å². The number of amides is 2. The van der Waals surface area contributed by atoms with Gasteiger partial charge >= 0.3 is 0 Å². The van der Waals surface area contributed by atoms with Crippen LogP contribution in [-0.4, -0.2) is 33.8 Å². The van der Waals surface area contributed by atoms with Crippen LogP contribution >= 0.6 is 0 Å². The second-order valence-electron chi connectivity index (χ2n) is 7.52. The SMILES string of the molecule is Cc1nn(Cc2ccccc2)c(C)c1N1C(=O)[C@H]2[C@H](C1=O)[C@H]1CC[C@H]2O1. The number of rotatable bonds is 3. The van der Waals surface area contributed by atoms with E-state index in [0.717, 1.165) is 24.1 Å². The summed E-state index contributed by atoms with van der Waals surface area (Å²) >= 11 is 0. The minimum Gasteiger partial charge on any atom is -0.373 e. The molecule has 3 aliphatic heterocycles. The van der Waals surface area contributed by atoms with Gasteiger partial charge in [0.05, 0.1) is 47.7 Å². The maximum Gasteiger partial charge on any atom is 0.240 e. The van der Waals surface area contributed by atoms with Crippen molar-refractivity contribution in [3.8, 4) is 0 Å². The number of hydrogen-bond acceptors (Lipinski definition) is 4. The first kappa shape index (κ1) is 15.8. The van der Waals surface area contributed by atoms with E-state index in [9.17, 15) is 9.59 Å². The molecule has 3 fully saturated rings. The zero-order valence-corrected chi connectivity index (χ0v) is 14.9. The number of nitrogens with zero attached hydrogens (tertiary/aromatic N) is 3. The van der Waals surface area contributed by atoms with Crippen molar-refractivity contribution in [3.05, 3.63) is 47.3 Å². The molecule has 0 spiro atoms. The van der Waals surface area contributed by atoms with Gasteiger partial charge in [-0.3, -0.25) is 14.3 Å². The summed E-state index contributed by atoms with van der Waals surface area (Å²) in [6, 6.07) is 10.1. The van der Waals surface area contributed by atoms with Gasteiger partial charge in [-0.05, 0) is 32.3 Å². The maximum absolute atomic E-state index is 13.0. The summed E-state index contributed by atoms with van der Waals surface area (Å²) in [5, 5.41) is 4.61. The summed E-state index contributed by atoms with van der Waals surface area (Å²) < 4.78 is 7.69. The van der Waals surface area contributed by atoms with Crippen molar-refractivity contribution in [1.82, 2.24) is 9.78 Å². The van der Waals surface area contributed by atoms with Crippen LogP contribution in [0.2, 0.25) is 0 Å². The van der Waals surface area contributed by atoms with Crippen LogP contribution in [0.15, 0.2) is 30.3 Å². The molecule has 1 aromatic heterocycles. The van der Waals surface area contributed by atoms with E-state index in [1.807, 2.05) is 48.9 Å². The number of aryl methyl sites for hydroxylation is 1. The van der Waals surface area contributed by atoms with Gasteiger partial charge < -0.3 is 4.74 Å². The Balaban J connectivity index is 1.51. The van der Waals surface area contributed by atoms with Crippen LogP contribution in [-0.2, 0) is 20.9 Å². The fraction of sp³-hybridized carbons (Fsp3) is 0.450. The predicted octanol–water partition coefficient (Wildman–Crippen LogP) is 2.22. The summed E-state index contributed by atoms with van der Waals surface area (Å²) in [6.07, 6.45) is 1.58. The monoisotopic (exact) mass is 351 g/mol. The Kier molecular flexibility index (Phi) is 3.34. The van der Waals surface area contributed by atoms with E-state index in [2.05, 4.69) is 5.10 Å². The number of hydrogen-bond donors (Lipinski definition) is 0. The van der Waals surface area contributed by atoms with E-state index in [1.54, 1.807) is 0 Å². The summed E-state index contributed by atoms with van der Waals surface area (Å²) in [6.45, 7) is 4.41. The standard InChI is InChI=1S/C20H21N3O3/c1-11-18(12(2)22(21-11)10-13-6-4-3-5-7-13)23-19(24)16-14-8-9-15(26-14)17(16)20(23)25/h3-7,14-17H,8-10H2,1-2H3/t14-,15-,16-,17-/m1/s1. The third-order valence-corrected chi connectivity index (χ3v) is 6.03. The highest BCUT2D eigenvalue weighted by molar-refractivity contribution is 6.23. The van der Waals surface area contributed by atoms with Gasteiger partial charge in [0.25, 0.3) is 0 Å². The highest BCUT2D eigenvalue weighted by Gasteiger charge is 2.63. The first-order valence-corrected chi connectivity index (χ1v) is 9.17. The van der Waals surface area contributed by atoms with E-state index in [4.69, 9.17) is 4.74 Å². The van der Waals surface area contributed by atoms with E-state index in [0.29, 0.717) is 17.9 Å². The molecular weight excluding hydrogens is 330 g/mol. The highest BCUT2D eigenvalue weighted by atomic mass is 16.5. The van der Waals surface area contributed by atoms with Gasteiger partial charge in [0.2, 0.25) is 11.8 Å². The molecule has 4 heterocycles. The molecule has 6 nitrogen and oxygen atoms in total. The number of ether oxygens (including phenoxy) is 1. The van der Waals surface area contributed by atoms with Crippen molar-refractivity contribution in [2.24, 2.45) is 11.8 Å². The summed E-state index contributed by atoms with van der Waals surface area (Å²) in [7, 11) is 0. The second kappa shape index (κ2) is 5.51.